The predicted molar refractivity (Wildman–Crippen MR) is 180 cm³/mol. The molecule has 0 aliphatic carbocycles. The highest BCUT2D eigenvalue weighted by Gasteiger charge is 2.28. The number of benzene rings is 3. The van der Waals surface area contributed by atoms with Crippen molar-refractivity contribution in [1.82, 2.24) is 0 Å². The lowest BCUT2D eigenvalue weighted by Gasteiger charge is -2.40. The fourth-order valence-corrected chi connectivity index (χ4v) is 6.29. The number of hydrogen-bond donors (Lipinski definition) is 0. The molecule has 4 rings (SSSR count). The van der Waals surface area contributed by atoms with Gasteiger partial charge in [-0.05, 0) is 36.2 Å². The van der Waals surface area contributed by atoms with Crippen LogP contribution in [-0.4, -0.2) is 16.4 Å². The number of unbranched alkanes of at least 4 members (excludes halogenated alkanes) is 14. The van der Waals surface area contributed by atoms with E-state index in [-0.39, 0.29) is 17.9 Å². The van der Waals surface area contributed by atoms with Gasteiger partial charge in [-0.1, -0.05) is 121 Å². The van der Waals surface area contributed by atoms with Crippen LogP contribution in [0.3, 0.4) is 0 Å². The van der Waals surface area contributed by atoms with Gasteiger partial charge in [-0.3, -0.25) is 20.2 Å². The molecule has 1 heterocycles. The zero-order valence-corrected chi connectivity index (χ0v) is 26.3. The maximum Gasteiger partial charge on any atom is 0.276 e. The normalized spacial score (nSPS) is 12.2. The Kier molecular flexibility index (Phi) is 13.0. The maximum absolute atomic E-state index is 11.5. The number of para-hydroxylation sites is 4. The third-order valence-electron chi connectivity index (χ3n) is 8.64. The Labute approximate surface area is 262 Å². The molecule has 0 bridgehead atoms. The molecule has 1 aliphatic rings. The molecule has 0 saturated heterocycles. The van der Waals surface area contributed by atoms with Gasteiger partial charge in [0.05, 0.1) is 38.7 Å². The first-order valence-corrected chi connectivity index (χ1v) is 16.7. The quantitative estimate of drug-likeness (QED) is 0.0727. The number of rotatable bonds is 20. The van der Waals surface area contributed by atoms with Gasteiger partial charge in [0.15, 0.2) is 0 Å². The van der Waals surface area contributed by atoms with E-state index >= 15 is 0 Å². The van der Waals surface area contributed by atoms with Crippen LogP contribution in [0, 0.1) is 20.2 Å². The third kappa shape index (κ3) is 9.28. The second-order valence-electron chi connectivity index (χ2n) is 12.0. The van der Waals surface area contributed by atoms with E-state index in [0.717, 1.165) is 41.8 Å². The molecule has 0 amide bonds. The van der Waals surface area contributed by atoms with Crippen molar-refractivity contribution in [3.63, 3.8) is 0 Å². The molecule has 3 aromatic carbocycles. The van der Waals surface area contributed by atoms with Gasteiger partial charge < -0.3 is 9.80 Å². The number of anilines is 4. The molecule has 0 N–H and O–H groups in total. The molecule has 0 radical (unpaired) electrons. The van der Waals surface area contributed by atoms with Crippen LogP contribution >= 0.6 is 0 Å². The van der Waals surface area contributed by atoms with E-state index in [1.807, 2.05) is 24.3 Å². The maximum atomic E-state index is 11.5. The van der Waals surface area contributed by atoms with Crippen LogP contribution in [0.1, 0.15) is 109 Å². The first kappa shape index (κ1) is 33.0. The number of nitro groups is 2. The van der Waals surface area contributed by atoms with E-state index in [1.165, 1.54) is 102 Å². The monoisotopic (exact) mass is 600 g/mol. The van der Waals surface area contributed by atoms with E-state index in [2.05, 4.69) is 41.0 Å². The van der Waals surface area contributed by atoms with E-state index in [4.69, 9.17) is 0 Å². The molecule has 0 aromatic heterocycles. The summed E-state index contributed by atoms with van der Waals surface area (Å²) in [6.45, 7) is 3.46. The number of nitrogens with zero attached hydrogens (tertiary/aromatic N) is 4. The third-order valence-corrected chi connectivity index (χ3v) is 8.64. The lowest BCUT2D eigenvalue weighted by molar-refractivity contribution is -0.394. The number of hydrogen-bond acceptors (Lipinski definition) is 6. The molecule has 0 spiro atoms. The molecule has 0 atom stereocenters. The van der Waals surface area contributed by atoms with Crippen molar-refractivity contribution in [1.29, 1.82) is 0 Å². The molecular formula is C36H48N4O4. The Morgan fingerprint density at radius 2 is 0.886 bits per heavy atom. The SMILES string of the molecule is CCCCCCCCCCCCCCCCCN1c2ccccc2N(Cc2cc([N+](=O)[O-])cc([N+](=O)[O-])c2)c2ccccc21. The summed E-state index contributed by atoms with van der Waals surface area (Å²) in [7, 11) is 0. The van der Waals surface area contributed by atoms with Crippen molar-refractivity contribution >= 4 is 34.1 Å². The summed E-state index contributed by atoms with van der Waals surface area (Å²) >= 11 is 0. The van der Waals surface area contributed by atoms with Gasteiger partial charge in [0.25, 0.3) is 11.4 Å². The fraction of sp³-hybridized carbons (Fsp3) is 0.500. The summed E-state index contributed by atoms with van der Waals surface area (Å²) in [4.78, 5) is 26.3. The highest BCUT2D eigenvalue weighted by atomic mass is 16.6. The highest BCUT2D eigenvalue weighted by molar-refractivity contribution is 5.93. The molecule has 0 unspecified atom stereocenters. The van der Waals surface area contributed by atoms with Crippen molar-refractivity contribution in [3.05, 3.63) is 92.5 Å². The molecule has 0 saturated carbocycles. The van der Waals surface area contributed by atoms with Crippen LogP contribution in [0.2, 0.25) is 0 Å². The molecule has 236 valence electrons. The lowest BCUT2D eigenvalue weighted by Crippen LogP contribution is -2.30. The molecule has 8 nitrogen and oxygen atoms in total. The second kappa shape index (κ2) is 17.4. The summed E-state index contributed by atoms with van der Waals surface area (Å²) in [6.07, 6.45) is 20.0. The van der Waals surface area contributed by atoms with Crippen LogP contribution in [0.5, 0.6) is 0 Å². The minimum absolute atomic E-state index is 0.275. The van der Waals surface area contributed by atoms with Crippen LogP contribution in [0.4, 0.5) is 34.1 Å². The smallest absolute Gasteiger partial charge is 0.276 e. The molecule has 3 aromatic rings. The Hall–Kier alpha value is -3.94. The Bertz CT molecular complexity index is 1280. The first-order valence-electron chi connectivity index (χ1n) is 16.7. The second-order valence-corrected chi connectivity index (χ2v) is 12.0. The predicted octanol–water partition coefficient (Wildman–Crippen LogP) is 11.2. The van der Waals surface area contributed by atoms with Gasteiger partial charge >= 0.3 is 0 Å². The largest absolute Gasteiger partial charge is 0.338 e. The van der Waals surface area contributed by atoms with E-state index in [1.54, 1.807) is 0 Å². The van der Waals surface area contributed by atoms with Crippen molar-refractivity contribution in [2.45, 2.75) is 110 Å². The number of non-ortho nitro benzene ring substituents is 2. The molecular weight excluding hydrogens is 552 g/mol. The Balaban J connectivity index is 1.30. The van der Waals surface area contributed by atoms with Gasteiger partial charge in [-0.25, -0.2) is 0 Å². The van der Waals surface area contributed by atoms with Crippen LogP contribution in [0.25, 0.3) is 0 Å². The topological polar surface area (TPSA) is 92.8 Å². The van der Waals surface area contributed by atoms with E-state index < -0.39 is 9.85 Å². The molecule has 1 aliphatic heterocycles. The van der Waals surface area contributed by atoms with Gasteiger partial charge in [0, 0.05) is 25.2 Å². The zero-order valence-electron chi connectivity index (χ0n) is 26.3. The van der Waals surface area contributed by atoms with Crippen LogP contribution in [0.15, 0.2) is 66.7 Å². The average molecular weight is 601 g/mol. The van der Waals surface area contributed by atoms with Crippen molar-refractivity contribution in [3.8, 4) is 0 Å². The summed E-state index contributed by atoms with van der Waals surface area (Å²) < 4.78 is 0. The fourth-order valence-electron chi connectivity index (χ4n) is 6.29. The van der Waals surface area contributed by atoms with Crippen LogP contribution in [-0.2, 0) is 6.54 Å². The minimum atomic E-state index is -0.576. The Morgan fingerprint density at radius 1 is 0.523 bits per heavy atom. The average Bonchev–Trinajstić information content (AvgIpc) is 3.03. The zero-order chi connectivity index (χ0) is 31.1. The van der Waals surface area contributed by atoms with Gasteiger partial charge in [-0.2, -0.15) is 0 Å². The minimum Gasteiger partial charge on any atom is -0.338 e. The first-order chi connectivity index (χ1) is 21.5. The number of fused-ring (bicyclic) bond motifs is 2. The standard InChI is InChI=1S/C36H48N4O4/c1-2-3-4-5-6-7-8-9-10-11-12-13-14-15-20-25-37-33-21-16-18-23-35(33)38(36-24-19-17-22-34(36)37)29-30-26-31(39(41)42)28-32(27-30)40(43)44/h16-19,21-24,26-28H,2-15,20,25,29H2,1H3. The Morgan fingerprint density at radius 3 is 1.27 bits per heavy atom. The van der Waals surface area contributed by atoms with Gasteiger partial charge in [0.2, 0.25) is 0 Å². The van der Waals surface area contributed by atoms with Crippen LogP contribution < -0.4 is 9.80 Å². The molecule has 8 heteroatoms. The van der Waals surface area contributed by atoms with Crippen molar-refractivity contribution in [2.75, 3.05) is 16.3 Å². The van der Waals surface area contributed by atoms with Crippen molar-refractivity contribution < 1.29 is 9.85 Å². The van der Waals surface area contributed by atoms with E-state index in [9.17, 15) is 20.2 Å². The summed E-state index contributed by atoms with van der Waals surface area (Å²) in [5, 5.41) is 23.0. The van der Waals surface area contributed by atoms with Gasteiger partial charge in [0.1, 0.15) is 0 Å². The van der Waals surface area contributed by atoms with E-state index in [0.29, 0.717) is 5.56 Å². The molecule has 44 heavy (non-hydrogen) atoms. The van der Waals surface area contributed by atoms with Gasteiger partial charge in [-0.15, -0.1) is 0 Å². The molecule has 0 fully saturated rings. The van der Waals surface area contributed by atoms with Crippen molar-refractivity contribution in [2.24, 2.45) is 0 Å². The lowest BCUT2D eigenvalue weighted by atomic mass is 10.0. The summed E-state index contributed by atoms with van der Waals surface area (Å²) in [5.74, 6) is 0. The summed E-state index contributed by atoms with van der Waals surface area (Å²) in [6, 6.07) is 20.2. The highest BCUT2D eigenvalue weighted by Crippen LogP contribution is 2.48. The summed E-state index contributed by atoms with van der Waals surface area (Å²) in [5.41, 5.74) is 4.10. The number of nitro benzene ring substituents is 2.